The minimum Gasteiger partial charge on any atom is -0.508 e. The quantitative estimate of drug-likeness (QED) is 0.710. The number of aromatic nitrogens is 2. The molecule has 2 aromatic carbocycles. The van der Waals surface area contributed by atoms with Gasteiger partial charge in [-0.15, -0.1) is 0 Å². The smallest absolute Gasteiger partial charge is 0.147 e. The van der Waals surface area contributed by atoms with Crippen molar-refractivity contribution in [2.45, 2.75) is 26.9 Å². The Balaban J connectivity index is 1.95. The normalized spacial score (nSPS) is 15.7. The second-order valence-corrected chi connectivity index (χ2v) is 6.26. The lowest BCUT2D eigenvalue weighted by Crippen LogP contribution is -2.26. The number of fused-ring (bicyclic) bond motifs is 3. The molecule has 3 aromatic rings. The molecular formula is C19H19N3O. The number of nitrogens with zero attached hydrogens (tertiary/aromatic N) is 2. The number of benzene rings is 2. The van der Waals surface area contributed by atoms with E-state index in [2.05, 4.69) is 42.5 Å². The summed E-state index contributed by atoms with van der Waals surface area (Å²) in [6.45, 7) is 6.24. The van der Waals surface area contributed by atoms with Crippen LogP contribution in [0.1, 0.15) is 28.6 Å². The summed E-state index contributed by atoms with van der Waals surface area (Å²) in [5, 5.41) is 18.1. The standard InChI is InChI=1S/C19H19N3O/c1-11-7-12(2)18-16(8-11)17-9-13(3)21-22(17)19(20-18)14-5-4-6-15(23)10-14/h4-10,19-20,23H,1-3H3/t19-/m0/s1. The van der Waals surface area contributed by atoms with Crippen LogP contribution in [0.2, 0.25) is 0 Å². The summed E-state index contributed by atoms with van der Waals surface area (Å²) in [5.41, 5.74) is 7.85. The van der Waals surface area contributed by atoms with Crippen LogP contribution in [0.3, 0.4) is 0 Å². The highest BCUT2D eigenvalue weighted by molar-refractivity contribution is 5.81. The topological polar surface area (TPSA) is 50.1 Å². The van der Waals surface area contributed by atoms with Crippen molar-refractivity contribution in [1.29, 1.82) is 0 Å². The average molecular weight is 305 g/mol. The lowest BCUT2D eigenvalue weighted by Gasteiger charge is -2.30. The zero-order valence-corrected chi connectivity index (χ0v) is 13.5. The largest absolute Gasteiger partial charge is 0.508 e. The van der Waals surface area contributed by atoms with Gasteiger partial charge in [-0.05, 0) is 50.6 Å². The molecule has 0 aliphatic carbocycles. The molecule has 0 spiro atoms. The van der Waals surface area contributed by atoms with E-state index >= 15 is 0 Å². The molecule has 2 heterocycles. The Kier molecular flexibility index (Phi) is 2.94. The number of aromatic hydroxyl groups is 1. The third-order valence-electron chi connectivity index (χ3n) is 4.33. The maximum atomic E-state index is 9.83. The molecule has 0 saturated heterocycles. The molecule has 4 rings (SSSR count). The van der Waals surface area contributed by atoms with Crippen LogP contribution in [-0.2, 0) is 0 Å². The van der Waals surface area contributed by atoms with Crippen molar-refractivity contribution in [3.8, 4) is 17.0 Å². The van der Waals surface area contributed by atoms with Gasteiger partial charge in [-0.2, -0.15) is 5.10 Å². The number of phenolic OH excluding ortho intramolecular Hbond substituents is 1. The average Bonchev–Trinajstić information content (AvgIpc) is 2.88. The van der Waals surface area contributed by atoms with Crippen molar-refractivity contribution in [3.63, 3.8) is 0 Å². The zero-order chi connectivity index (χ0) is 16.1. The lowest BCUT2D eigenvalue weighted by atomic mass is 9.98. The molecule has 2 N–H and O–H groups in total. The number of aryl methyl sites for hydroxylation is 3. The molecule has 0 amide bonds. The van der Waals surface area contributed by atoms with Gasteiger partial charge in [-0.3, -0.25) is 0 Å². The second kappa shape index (κ2) is 4.88. The predicted molar refractivity (Wildman–Crippen MR) is 91.7 cm³/mol. The van der Waals surface area contributed by atoms with Crippen LogP contribution >= 0.6 is 0 Å². The number of hydrogen-bond acceptors (Lipinski definition) is 3. The molecule has 1 aliphatic heterocycles. The fourth-order valence-corrected chi connectivity index (χ4v) is 3.39. The summed E-state index contributed by atoms with van der Waals surface area (Å²) in [6.07, 6.45) is -0.125. The Morgan fingerprint density at radius 2 is 1.91 bits per heavy atom. The molecule has 1 aliphatic rings. The molecular weight excluding hydrogens is 286 g/mol. The van der Waals surface area contributed by atoms with E-state index in [4.69, 9.17) is 0 Å². The van der Waals surface area contributed by atoms with Gasteiger partial charge in [-0.1, -0.05) is 23.8 Å². The summed E-state index contributed by atoms with van der Waals surface area (Å²) in [4.78, 5) is 0. The fourth-order valence-electron chi connectivity index (χ4n) is 3.39. The molecule has 0 saturated carbocycles. The maximum absolute atomic E-state index is 9.83. The van der Waals surface area contributed by atoms with Gasteiger partial charge in [0.2, 0.25) is 0 Å². The first-order valence-corrected chi connectivity index (χ1v) is 7.76. The van der Waals surface area contributed by atoms with Gasteiger partial charge in [0.05, 0.1) is 11.4 Å². The molecule has 0 unspecified atom stereocenters. The van der Waals surface area contributed by atoms with Crippen molar-refractivity contribution >= 4 is 5.69 Å². The van der Waals surface area contributed by atoms with Gasteiger partial charge >= 0.3 is 0 Å². The molecule has 23 heavy (non-hydrogen) atoms. The van der Waals surface area contributed by atoms with Crippen molar-refractivity contribution in [2.75, 3.05) is 5.32 Å². The van der Waals surface area contributed by atoms with Crippen molar-refractivity contribution in [1.82, 2.24) is 9.78 Å². The summed E-state index contributed by atoms with van der Waals surface area (Å²) >= 11 is 0. The SMILES string of the molecule is Cc1cc(C)c2c(c1)-c1cc(C)nn1[C@@H](c1cccc(O)c1)N2. The highest BCUT2D eigenvalue weighted by Gasteiger charge is 2.27. The van der Waals surface area contributed by atoms with E-state index < -0.39 is 0 Å². The first kappa shape index (κ1) is 13.9. The summed E-state index contributed by atoms with van der Waals surface area (Å²) in [7, 11) is 0. The van der Waals surface area contributed by atoms with E-state index in [9.17, 15) is 5.11 Å². The van der Waals surface area contributed by atoms with Crippen LogP contribution in [0.5, 0.6) is 5.75 Å². The van der Waals surface area contributed by atoms with Gasteiger partial charge < -0.3 is 10.4 Å². The summed E-state index contributed by atoms with van der Waals surface area (Å²) < 4.78 is 2.01. The van der Waals surface area contributed by atoms with E-state index in [0.717, 1.165) is 22.6 Å². The van der Waals surface area contributed by atoms with Crippen LogP contribution in [0.25, 0.3) is 11.3 Å². The number of nitrogens with one attached hydrogen (secondary N) is 1. The second-order valence-electron chi connectivity index (χ2n) is 6.26. The molecule has 116 valence electrons. The van der Waals surface area contributed by atoms with Crippen LogP contribution < -0.4 is 5.32 Å². The van der Waals surface area contributed by atoms with Crippen molar-refractivity contribution in [3.05, 3.63) is 64.8 Å². The minimum absolute atomic E-state index is 0.125. The Labute approximate surface area is 135 Å². The Morgan fingerprint density at radius 1 is 1.09 bits per heavy atom. The molecule has 1 aromatic heterocycles. The Bertz CT molecular complexity index is 911. The number of phenols is 1. The highest BCUT2D eigenvalue weighted by Crippen LogP contribution is 2.41. The van der Waals surface area contributed by atoms with E-state index in [1.165, 1.54) is 16.7 Å². The lowest BCUT2D eigenvalue weighted by molar-refractivity contribution is 0.472. The Hall–Kier alpha value is -2.75. The molecule has 4 heteroatoms. The monoisotopic (exact) mass is 305 g/mol. The number of rotatable bonds is 1. The third-order valence-corrected chi connectivity index (χ3v) is 4.33. The van der Waals surface area contributed by atoms with Crippen LogP contribution in [-0.4, -0.2) is 14.9 Å². The fraction of sp³-hybridized carbons (Fsp3) is 0.211. The third kappa shape index (κ3) is 2.18. The first-order chi connectivity index (χ1) is 11.0. The first-order valence-electron chi connectivity index (χ1n) is 7.76. The van der Waals surface area contributed by atoms with E-state index in [-0.39, 0.29) is 11.9 Å². The number of hydrogen-bond donors (Lipinski definition) is 2. The molecule has 4 nitrogen and oxygen atoms in total. The van der Waals surface area contributed by atoms with Crippen LogP contribution in [0, 0.1) is 20.8 Å². The van der Waals surface area contributed by atoms with Crippen LogP contribution in [0.15, 0.2) is 42.5 Å². The van der Waals surface area contributed by atoms with Gasteiger partial charge in [0.1, 0.15) is 11.9 Å². The van der Waals surface area contributed by atoms with E-state index in [1.807, 2.05) is 23.7 Å². The number of anilines is 1. The zero-order valence-electron chi connectivity index (χ0n) is 13.5. The highest BCUT2D eigenvalue weighted by atomic mass is 16.3. The summed E-state index contributed by atoms with van der Waals surface area (Å²) in [6, 6.07) is 13.8. The maximum Gasteiger partial charge on any atom is 0.147 e. The molecule has 0 radical (unpaired) electrons. The van der Waals surface area contributed by atoms with Gasteiger partial charge in [-0.25, -0.2) is 4.68 Å². The van der Waals surface area contributed by atoms with Crippen molar-refractivity contribution < 1.29 is 5.11 Å². The molecule has 1 atom stereocenters. The van der Waals surface area contributed by atoms with Gasteiger partial charge in [0.25, 0.3) is 0 Å². The van der Waals surface area contributed by atoms with E-state index in [0.29, 0.717) is 0 Å². The van der Waals surface area contributed by atoms with Gasteiger partial charge in [0, 0.05) is 16.8 Å². The van der Waals surface area contributed by atoms with Crippen molar-refractivity contribution in [2.24, 2.45) is 0 Å². The summed E-state index contributed by atoms with van der Waals surface area (Å²) in [5.74, 6) is 0.265. The van der Waals surface area contributed by atoms with E-state index in [1.54, 1.807) is 12.1 Å². The predicted octanol–water partition coefficient (Wildman–Crippen LogP) is 4.15. The van der Waals surface area contributed by atoms with Gasteiger partial charge in [0.15, 0.2) is 0 Å². The molecule has 0 fully saturated rings. The van der Waals surface area contributed by atoms with Crippen LogP contribution in [0.4, 0.5) is 5.69 Å². The Morgan fingerprint density at radius 3 is 2.70 bits per heavy atom. The molecule has 0 bridgehead atoms. The minimum atomic E-state index is -0.125.